The number of halogens is 1. The van der Waals surface area contributed by atoms with E-state index in [0.717, 1.165) is 22.6 Å². The fourth-order valence-electron chi connectivity index (χ4n) is 2.60. The maximum atomic E-state index is 6.23. The third-order valence-corrected chi connectivity index (χ3v) is 5.31. The Kier molecular flexibility index (Phi) is 4.87. The quantitative estimate of drug-likeness (QED) is 0.392. The van der Waals surface area contributed by atoms with Crippen LogP contribution in [0, 0.1) is 6.92 Å². The molecule has 0 saturated heterocycles. The van der Waals surface area contributed by atoms with Crippen LogP contribution in [0.3, 0.4) is 0 Å². The largest absolute Gasteiger partial charge is 0.441 e. The molecule has 0 amide bonds. The summed E-state index contributed by atoms with van der Waals surface area (Å²) in [6, 6.07) is 17.2. The molecule has 0 aliphatic rings. The molecule has 2 heterocycles. The smallest absolute Gasteiger partial charge is 0.226 e. The molecule has 0 fully saturated rings. The first-order chi connectivity index (χ1) is 13.1. The van der Waals surface area contributed by atoms with Gasteiger partial charge in [-0.3, -0.25) is 0 Å². The molecule has 0 aliphatic carbocycles. The van der Waals surface area contributed by atoms with Crippen molar-refractivity contribution in [2.75, 3.05) is 5.84 Å². The summed E-state index contributed by atoms with van der Waals surface area (Å²) in [5.74, 6) is 8.64. The molecular formula is C19H16ClN5OS. The Labute approximate surface area is 165 Å². The van der Waals surface area contributed by atoms with Gasteiger partial charge in [0.25, 0.3) is 0 Å². The Morgan fingerprint density at radius 3 is 2.59 bits per heavy atom. The fourth-order valence-corrected chi connectivity index (χ4v) is 3.68. The number of rotatable bonds is 5. The van der Waals surface area contributed by atoms with Crippen LogP contribution >= 0.6 is 23.4 Å². The van der Waals surface area contributed by atoms with Crippen molar-refractivity contribution >= 4 is 23.4 Å². The van der Waals surface area contributed by atoms with E-state index in [4.69, 9.17) is 21.9 Å². The summed E-state index contributed by atoms with van der Waals surface area (Å²) in [4.78, 5) is 4.60. The predicted molar refractivity (Wildman–Crippen MR) is 107 cm³/mol. The van der Waals surface area contributed by atoms with Gasteiger partial charge in [-0.05, 0) is 31.2 Å². The minimum atomic E-state index is 0.518. The zero-order valence-corrected chi connectivity index (χ0v) is 16.0. The van der Waals surface area contributed by atoms with Crippen molar-refractivity contribution in [3.8, 4) is 22.8 Å². The maximum absolute atomic E-state index is 6.23. The second-order valence-electron chi connectivity index (χ2n) is 5.83. The van der Waals surface area contributed by atoms with Crippen LogP contribution in [-0.4, -0.2) is 19.9 Å². The minimum Gasteiger partial charge on any atom is -0.441 e. The average Bonchev–Trinajstić information content (AvgIpc) is 3.24. The number of aryl methyl sites for hydroxylation is 1. The standard InChI is InChI=1S/C19H16ClN5OS/c1-12-16(22-18(26-12)13-7-3-2-4-8-13)11-27-19-24-23-17(25(19)21)14-9-5-6-10-15(14)20/h2-10H,11,21H2,1H3. The van der Waals surface area contributed by atoms with Gasteiger partial charge in [0.15, 0.2) is 5.82 Å². The van der Waals surface area contributed by atoms with Crippen LogP contribution in [0.25, 0.3) is 22.8 Å². The summed E-state index contributed by atoms with van der Waals surface area (Å²) in [5.41, 5.74) is 2.53. The Morgan fingerprint density at radius 2 is 1.81 bits per heavy atom. The number of nitrogens with two attached hydrogens (primary N) is 1. The monoisotopic (exact) mass is 397 g/mol. The summed E-state index contributed by atoms with van der Waals surface area (Å²) >= 11 is 7.67. The number of hydrogen-bond acceptors (Lipinski definition) is 6. The van der Waals surface area contributed by atoms with Crippen LogP contribution < -0.4 is 5.84 Å². The van der Waals surface area contributed by atoms with E-state index in [1.807, 2.05) is 55.5 Å². The molecule has 4 aromatic rings. The van der Waals surface area contributed by atoms with Gasteiger partial charge in [0.05, 0.1) is 10.7 Å². The lowest BCUT2D eigenvalue weighted by atomic mass is 10.2. The molecule has 6 nitrogen and oxygen atoms in total. The molecule has 4 rings (SSSR count). The zero-order chi connectivity index (χ0) is 18.8. The van der Waals surface area contributed by atoms with E-state index < -0.39 is 0 Å². The number of aromatic nitrogens is 4. The van der Waals surface area contributed by atoms with Crippen molar-refractivity contribution in [3.05, 3.63) is 71.1 Å². The van der Waals surface area contributed by atoms with Crippen molar-refractivity contribution in [1.29, 1.82) is 0 Å². The van der Waals surface area contributed by atoms with Gasteiger partial charge in [0.1, 0.15) is 5.76 Å². The molecule has 2 aromatic heterocycles. The lowest BCUT2D eigenvalue weighted by Gasteiger charge is -2.04. The molecule has 27 heavy (non-hydrogen) atoms. The lowest BCUT2D eigenvalue weighted by Crippen LogP contribution is -2.11. The predicted octanol–water partition coefficient (Wildman–Crippen LogP) is 4.57. The van der Waals surface area contributed by atoms with E-state index in [9.17, 15) is 0 Å². The van der Waals surface area contributed by atoms with E-state index in [-0.39, 0.29) is 0 Å². The molecule has 2 N–H and O–H groups in total. The molecule has 0 unspecified atom stereocenters. The third-order valence-electron chi connectivity index (χ3n) is 4.03. The van der Waals surface area contributed by atoms with Crippen molar-refractivity contribution in [3.63, 3.8) is 0 Å². The Hall–Kier alpha value is -2.77. The van der Waals surface area contributed by atoms with Gasteiger partial charge in [-0.15, -0.1) is 10.2 Å². The average molecular weight is 398 g/mol. The van der Waals surface area contributed by atoms with Crippen molar-refractivity contribution in [1.82, 2.24) is 19.9 Å². The first-order valence-electron chi connectivity index (χ1n) is 8.23. The fraction of sp³-hybridized carbons (Fsp3) is 0.105. The molecule has 0 radical (unpaired) electrons. The summed E-state index contributed by atoms with van der Waals surface area (Å²) in [6.07, 6.45) is 0. The van der Waals surface area contributed by atoms with E-state index in [1.165, 1.54) is 16.4 Å². The highest BCUT2D eigenvalue weighted by Gasteiger charge is 2.17. The normalized spacial score (nSPS) is 11.0. The SMILES string of the molecule is Cc1oc(-c2ccccc2)nc1CSc1nnc(-c2ccccc2Cl)n1N. The summed E-state index contributed by atoms with van der Waals surface area (Å²) in [6.45, 7) is 1.90. The van der Waals surface area contributed by atoms with Crippen LogP contribution in [0.1, 0.15) is 11.5 Å². The molecule has 0 saturated carbocycles. The molecular weight excluding hydrogens is 382 g/mol. The molecule has 0 spiro atoms. The number of benzene rings is 2. The molecule has 2 aromatic carbocycles. The molecule has 8 heteroatoms. The highest BCUT2D eigenvalue weighted by molar-refractivity contribution is 7.98. The van der Waals surface area contributed by atoms with Gasteiger partial charge < -0.3 is 10.3 Å². The summed E-state index contributed by atoms with van der Waals surface area (Å²) in [5, 5.41) is 9.50. The van der Waals surface area contributed by atoms with Gasteiger partial charge in [0.2, 0.25) is 11.0 Å². The van der Waals surface area contributed by atoms with E-state index in [0.29, 0.717) is 27.6 Å². The van der Waals surface area contributed by atoms with E-state index >= 15 is 0 Å². The Bertz CT molecular complexity index is 1080. The van der Waals surface area contributed by atoms with Gasteiger partial charge >= 0.3 is 0 Å². The highest BCUT2D eigenvalue weighted by atomic mass is 35.5. The topological polar surface area (TPSA) is 82.8 Å². The molecule has 0 bridgehead atoms. The maximum Gasteiger partial charge on any atom is 0.226 e. The van der Waals surface area contributed by atoms with Crippen molar-refractivity contribution in [2.24, 2.45) is 0 Å². The van der Waals surface area contributed by atoms with Crippen LogP contribution in [0.15, 0.2) is 64.2 Å². The van der Waals surface area contributed by atoms with Gasteiger partial charge in [-0.2, -0.15) is 0 Å². The Balaban J connectivity index is 1.53. The highest BCUT2D eigenvalue weighted by Crippen LogP contribution is 2.30. The molecule has 136 valence electrons. The van der Waals surface area contributed by atoms with Crippen LogP contribution in [0.5, 0.6) is 0 Å². The van der Waals surface area contributed by atoms with Gasteiger partial charge in [0, 0.05) is 16.9 Å². The number of oxazole rings is 1. The molecule has 0 atom stereocenters. The van der Waals surface area contributed by atoms with Crippen LogP contribution in [0.4, 0.5) is 0 Å². The van der Waals surface area contributed by atoms with E-state index in [2.05, 4.69) is 15.2 Å². The van der Waals surface area contributed by atoms with Crippen molar-refractivity contribution < 1.29 is 4.42 Å². The summed E-state index contributed by atoms with van der Waals surface area (Å²) in [7, 11) is 0. The lowest BCUT2D eigenvalue weighted by molar-refractivity contribution is 0.540. The second kappa shape index (κ2) is 7.46. The minimum absolute atomic E-state index is 0.518. The van der Waals surface area contributed by atoms with Crippen LogP contribution in [-0.2, 0) is 5.75 Å². The Morgan fingerprint density at radius 1 is 1.07 bits per heavy atom. The van der Waals surface area contributed by atoms with Gasteiger partial charge in [-0.25, -0.2) is 9.66 Å². The number of nitrogens with zero attached hydrogens (tertiary/aromatic N) is 4. The second-order valence-corrected chi connectivity index (χ2v) is 7.18. The first kappa shape index (κ1) is 17.6. The van der Waals surface area contributed by atoms with Crippen molar-refractivity contribution in [2.45, 2.75) is 17.8 Å². The van der Waals surface area contributed by atoms with E-state index in [1.54, 1.807) is 6.07 Å². The summed E-state index contributed by atoms with van der Waals surface area (Å²) < 4.78 is 7.24. The number of nitrogen functional groups attached to an aromatic ring is 1. The zero-order valence-electron chi connectivity index (χ0n) is 14.5. The first-order valence-corrected chi connectivity index (χ1v) is 9.60. The number of thioether (sulfide) groups is 1. The third kappa shape index (κ3) is 3.56. The van der Waals surface area contributed by atoms with Gasteiger partial charge in [-0.1, -0.05) is 53.7 Å². The molecule has 0 aliphatic heterocycles. The van der Waals surface area contributed by atoms with Crippen LogP contribution in [0.2, 0.25) is 5.02 Å². The number of hydrogen-bond donors (Lipinski definition) is 1.